The molecule has 0 aromatic rings. The van der Waals surface area contributed by atoms with Crippen molar-refractivity contribution in [2.24, 2.45) is 0 Å². The van der Waals surface area contributed by atoms with Crippen molar-refractivity contribution in [3.8, 4) is 0 Å². The van der Waals surface area contributed by atoms with Crippen molar-refractivity contribution < 1.29 is 28.6 Å². The molecular weight excluding hydrogens is 889 g/mol. The summed E-state index contributed by atoms with van der Waals surface area (Å²) in [6, 6.07) is 0. The van der Waals surface area contributed by atoms with Gasteiger partial charge in [0, 0.05) is 19.3 Å². The molecule has 0 aromatic carbocycles. The minimum absolute atomic E-state index is 0.0725. The van der Waals surface area contributed by atoms with Gasteiger partial charge < -0.3 is 14.2 Å². The Morgan fingerprint density at radius 2 is 0.458 bits per heavy atom. The van der Waals surface area contributed by atoms with Crippen LogP contribution in [0, 0.1) is 0 Å². The lowest BCUT2D eigenvalue weighted by molar-refractivity contribution is -0.167. The second kappa shape index (κ2) is 61.4. The fourth-order valence-corrected chi connectivity index (χ4v) is 9.79. The number of ether oxygens (including phenoxy) is 3. The van der Waals surface area contributed by atoms with Gasteiger partial charge in [0.25, 0.3) is 0 Å². The first kappa shape index (κ1) is 69.9. The fraction of sp³-hybridized carbons (Fsp3) is 0.894. The molecule has 0 aromatic heterocycles. The van der Waals surface area contributed by atoms with E-state index in [0.29, 0.717) is 19.3 Å². The molecule has 0 amide bonds. The van der Waals surface area contributed by atoms with Crippen molar-refractivity contribution in [2.75, 3.05) is 13.2 Å². The van der Waals surface area contributed by atoms with Crippen LogP contribution in [-0.2, 0) is 28.6 Å². The van der Waals surface area contributed by atoms with E-state index < -0.39 is 6.10 Å². The van der Waals surface area contributed by atoms with E-state index in [9.17, 15) is 14.4 Å². The standard InChI is InChI=1S/C66H124O6/c1-4-7-10-13-16-19-22-25-27-29-30-31-32-33-34-35-36-37-39-41-44-47-50-53-56-59-65(68)71-62-63(61-70-64(67)58-55-52-49-46-43-40-24-21-18-15-12-9-6-3)72-66(69)60-57-54-51-48-45-42-38-28-26-23-20-17-14-11-8-5-2/h21,24,28,38,63H,4-20,22-23,25-27,29-37,39-62H2,1-3H3/b24-21-,38-28-. The molecule has 1 atom stereocenters. The van der Waals surface area contributed by atoms with Crippen LogP contribution in [0.3, 0.4) is 0 Å². The Morgan fingerprint density at radius 3 is 0.708 bits per heavy atom. The van der Waals surface area contributed by atoms with Gasteiger partial charge in [-0.1, -0.05) is 295 Å². The highest BCUT2D eigenvalue weighted by Gasteiger charge is 2.19. The van der Waals surface area contributed by atoms with Gasteiger partial charge >= 0.3 is 17.9 Å². The van der Waals surface area contributed by atoms with Crippen LogP contribution >= 0.6 is 0 Å². The molecule has 0 saturated heterocycles. The third-order valence-electron chi connectivity index (χ3n) is 14.7. The number of hydrogen-bond donors (Lipinski definition) is 0. The molecule has 6 nitrogen and oxygen atoms in total. The van der Waals surface area contributed by atoms with E-state index in [1.54, 1.807) is 0 Å². The zero-order chi connectivity index (χ0) is 52.2. The Balaban J connectivity index is 4.22. The maximum absolute atomic E-state index is 12.9. The number of hydrogen-bond acceptors (Lipinski definition) is 6. The quantitative estimate of drug-likeness (QED) is 0.0261. The van der Waals surface area contributed by atoms with Crippen molar-refractivity contribution in [3.05, 3.63) is 24.3 Å². The average molecular weight is 1010 g/mol. The van der Waals surface area contributed by atoms with Crippen molar-refractivity contribution in [1.82, 2.24) is 0 Å². The molecule has 0 aliphatic heterocycles. The normalized spacial score (nSPS) is 12.1. The first-order chi connectivity index (χ1) is 35.5. The molecule has 0 rings (SSSR count). The van der Waals surface area contributed by atoms with Crippen LogP contribution in [-0.4, -0.2) is 37.2 Å². The number of unbranched alkanes of at least 4 members (excludes halogenated alkanes) is 45. The van der Waals surface area contributed by atoms with E-state index in [-0.39, 0.29) is 31.1 Å². The molecule has 72 heavy (non-hydrogen) atoms. The van der Waals surface area contributed by atoms with Crippen LogP contribution in [0.2, 0.25) is 0 Å². The van der Waals surface area contributed by atoms with E-state index in [2.05, 4.69) is 45.1 Å². The lowest BCUT2D eigenvalue weighted by atomic mass is 10.0. The molecule has 424 valence electrons. The summed E-state index contributed by atoms with van der Waals surface area (Å²) in [7, 11) is 0. The average Bonchev–Trinajstić information content (AvgIpc) is 3.38. The zero-order valence-corrected chi connectivity index (χ0v) is 48.7. The first-order valence-electron chi connectivity index (χ1n) is 32.3. The summed E-state index contributed by atoms with van der Waals surface area (Å²) >= 11 is 0. The third kappa shape index (κ3) is 58.8. The van der Waals surface area contributed by atoms with Gasteiger partial charge in [0.15, 0.2) is 6.10 Å². The molecule has 1 unspecified atom stereocenters. The molecule has 0 aliphatic rings. The third-order valence-corrected chi connectivity index (χ3v) is 14.7. The van der Waals surface area contributed by atoms with Crippen LogP contribution in [0.1, 0.15) is 361 Å². The van der Waals surface area contributed by atoms with E-state index >= 15 is 0 Å². The summed E-state index contributed by atoms with van der Waals surface area (Å²) in [4.78, 5) is 38.2. The van der Waals surface area contributed by atoms with Gasteiger partial charge in [-0.2, -0.15) is 0 Å². The number of carbonyl (C=O) groups is 3. The number of carbonyl (C=O) groups excluding carboxylic acids is 3. The Morgan fingerprint density at radius 1 is 0.264 bits per heavy atom. The highest BCUT2D eigenvalue weighted by Crippen LogP contribution is 2.18. The first-order valence-corrected chi connectivity index (χ1v) is 32.3. The van der Waals surface area contributed by atoms with Gasteiger partial charge in [-0.3, -0.25) is 14.4 Å². The number of esters is 3. The van der Waals surface area contributed by atoms with Gasteiger partial charge in [-0.15, -0.1) is 0 Å². The van der Waals surface area contributed by atoms with Crippen molar-refractivity contribution in [3.63, 3.8) is 0 Å². The smallest absolute Gasteiger partial charge is 0.306 e. The Hall–Kier alpha value is -2.11. The highest BCUT2D eigenvalue weighted by atomic mass is 16.6. The van der Waals surface area contributed by atoms with Gasteiger partial charge in [0.2, 0.25) is 0 Å². The second-order valence-electron chi connectivity index (χ2n) is 22.0. The Labute approximate surface area is 449 Å². The Bertz CT molecular complexity index is 1160. The lowest BCUT2D eigenvalue weighted by Crippen LogP contribution is -2.30. The molecular formula is C66H124O6. The predicted molar refractivity (Wildman–Crippen MR) is 312 cm³/mol. The largest absolute Gasteiger partial charge is 0.462 e. The van der Waals surface area contributed by atoms with E-state index in [1.165, 1.54) is 250 Å². The predicted octanol–water partition coefficient (Wildman–Crippen LogP) is 21.8. The van der Waals surface area contributed by atoms with E-state index in [4.69, 9.17) is 14.2 Å². The van der Waals surface area contributed by atoms with Crippen LogP contribution < -0.4 is 0 Å². The Kier molecular flexibility index (Phi) is 59.6. The number of rotatable bonds is 60. The second-order valence-corrected chi connectivity index (χ2v) is 22.0. The van der Waals surface area contributed by atoms with Crippen LogP contribution in [0.15, 0.2) is 24.3 Å². The molecule has 6 heteroatoms. The molecule has 0 fully saturated rings. The van der Waals surface area contributed by atoms with Crippen LogP contribution in [0.4, 0.5) is 0 Å². The molecule has 0 N–H and O–H groups in total. The SMILES string of the molecule is CCCCCC/C=C\CCCCCCCC(=O)OCC(COC(=O)CCCCCCCCCCCCCCCCCCCCCCCCCCC)OC(=O)CCCCCCC/C=C\CCCCCCCCC. The topological polar surface area (TPSA) is 78.9 Å². The molecule has 0 bridgehead atoms. The van der Waals surface area contributed by atoms with Gasteiger partial charge in [0.1, 0.15) is 13.2 Å². The van der Waals surface area contributed by atoms with Crippen LogP contribution in [0.5, 0.6) is 0 Å². The zero-order valence-electron chi connectivity index (χ0n) is 48.7. The molecule has 0 heterocycles. The minimum Gasteiger partial charge on any atom is -0.462 e. The molecule has 0 saturated carbocycles. The van der Waals surface area contributed by atoms with Crippen LogP contribution in [0.25, 0.3) is 0 Å². The van der Waals surface area contributed by atoms with Crippen molar-refractivity contribution in [1.29, 1.82) is 0 Å². The molecule has 0 aliphatic carbocycles. The van der Waals surface area contributed by atoms with E-state index in [0.717, 1.165) is 70.6 Å². The monoisotopic (exact) mass is 1010 g/mol. The van der Waals surface area contributed by atoms with E-state index in [1.807, 2.05) is 0 Å². The maximum Gasteiger partial charge on any atom is 0.306 e. The van der Waals surface area contributed by atoms with Crippen molar-refractivity contribution in [2.45, 2.75) is 367 Å². The highest BCUT2D eigenvalue weighted by molar-refractivity contribution is 5.71. The van der Waals surface area contributed by atoms with Gasteiger partial charge in [0.05, 0.1) is 0 Å². The lowest BCUT2D eigenvalue weighted by Gasteiger charge is -2.18. The molecule has 0 spiro atoms. The summed E-state index contributed by atoms with van der Waals surface area (Å²) < 4.78 is 16.9. The maximum atomic E-state index is 12.9. The van der Waals surface area contributed by atoms with Gasteiger partial charge in [-0.05, 0) is 70.6 Å². The van der Waals surface area contributed by atoms with Crippen molar-refractivity contribution >= 4 is 17.9 Å². The summed E-state index contributed by atoms with van der Waals surface area (Å²) in [5, 5.41) is 0. The van der Waals surface area contributed by atoms with Gasteiger partial charge in [-0.25, -0.2) is 0 Å². The minimum atomic E-state index is -0.776. The summed E-state index contributed by atoms with van der Waals surface area (Å²) in [5.41, 5.74) is 0. The summed E-state index contributed by atoms with van der Waals surface area (Å²) in [6.07, 6.45) is 73.4. The molecule has 0 radical (unpaired) electrons. The summed E-state index contributed by atoms with van der Waals surface area (Å²) in [5.74, 6) is -0.866. The summed E-state index contributed by atoms with van der Waals surface area (Å²) in [6.45, 7) is 6.67. The number of allylic oxidation sites excluding steroid dienone is 4. The fourth-order valence-electron chi connectivity index (χ4n) is 9.79.